The Morgan fingerprint density at radius 3 is 2.87 bits per heavy atom. The van der Waals surface area contributed by atoms with Gasteiger partial charge in [0.15, 0.2) is 0 Å². The molecular weight excluding hydrogens is 204 g/mol. The zero-order valence-electron chi connectivity index (χ0n) is 9.62. The van der Waals surface area contributed by atoms with Crippen molar-refractivity contribution in [3.05, 3.63) is 16.1 Å². The molecule has 0 aromatic carbocycles. The smallest absolute Gasteiger partial charge is 0.0926 e. The monoisotopic (exact) mass is 224 g/mol. The molecule has 0 aliphatic heterocycles. The first-order valence-corrected chi connectivity index (χ1v) is 6.88. The minimum atomic E-state index is 0.719. The summed E-state index contributed by atoms with van der Waals surface area (Å²) in [6.45, 7) is 5.38. The first-order valence-electron chi connectivity index (χ1n) is 6.00. The summed E-state index contributed by atoms with van der Waals surface area (Å²) in [5.74, 6) is 0.944. The van der Waals surface area contributed by atoms with Crippen molar-refractivity contribution in [1.82, 2.24) is 10.3 Å². The van der Waals surface area contributed by atoms with Gasteiger partial charge in [-0.05, 0) is 31.6 Å². The molecule has 3 heteroatoms. The molecule has 1 fully saturated rings. The van der Waals surface area contributed by atoms with Gasteiger partial charge in [0.2, 0.25) is 0 Å². The van der Waals surface area contributed by atoms with Gasteiger partial charge in [0, 0.05) is 18.0 Å². The molecule has 1 unspecified atom stereocenters. The van der Waals surface area contributed by atoms with Crippen LogP contribution in [0.25, 0.3) is 0 Å². The summed E-state index contributed by atoms with van der Waals surface area (Å²) in [6, 6.07) is 0.719. The zero-order valence-corrected chi connectivity index (χ0v) is 10.4. The molecular formula is C12H20N2S. The van der Waals surface area contributed by atoms with Crippen LogP contribution in [0, 0.1) is 5.92 Å². The van der Waals surface area contributed by atoms with Crippen LogP contribution in [0.4, 0.5) is 0 Å². The predicted octanol–water partition coefficient (Wildman–Crippen LogP) is 2.98. The number of hydrogen-bond donors (Lipinski definition) is 1. The quantitative estimate of drug-likeness (QED) is 0.803. The molecule has 0 radical (unpaired) electrons. The van der Waals surface area contributed by atoms with E-state index >= 15 is 0 Å². The highest BCUT2D eigenvalue weighted by atomic mass is 32.1. The third-order valence-electron chi connectivity index (χ3n) is 3.08. The van der Waals surface area contributed by atoms with E-state index in [0.29, 0.717) is 0 Å². The van der Waals surface area contributed by atoms with Gasteiger partial charge in [0.05, 0.1) is 10.7 Å². The summed E-state index contributed by atoms with van der Waals surface area (Å²) in [4.78, 5) is 4.57. The largest absolute Gasteiger partial charge is 0.308 e. The predicted molar refractivity (Wildman–Crippen MR) is 65.1 cm³/mol. The Morgan fingerprint density at radius 2 is 2.33 bits per heavy atom. The standard InChI is InChI=1S/C12H20N2S/c1-3-11(9-5-6-9)13-7-10-8-15-12(4-2)14-10/h8-9,11,13H,3-7H2,1-2H3. The van der Waals surface area contributed by atoms with Crippen LogP contribution in [0.1, 0.15) is 43.8 Å². The molecule has 0 saturated heterocycles. The molecule has 1 saturated carbocycles. The molecule has 0 bridgehead atoms. The topological polar surface area (TPSA) is 24.9 Å². The number of nitrogens with one attached hydrogen (secondary N) is 1. The van der Waals surface area contributed by atoms with Crippen LogP contribution in [0.3, 0.4) is 0 Å². The van der Waals surface area contributed by atoms with Gasteiger partial charge in [-0.2, -0.15) is 0 Å². The van der Waals surface area contributed by atoms with Crippen LogP contribution in [0.2, 0.25) is 0 Å². The Hall–Kier alpha value is -0.410. The second kappa shape index (κ2) is 5.08. The van der Waals surface area contributed by atoms with E-state index in [4.69, 9.17) is 0 Å². The fourth-order valence-corrected chi connectivity index (χ4v) is 2.72. The second-order valence-corrected chi connectivity index (χ2v) is 5.26. The number of rotatable bonds is 6. The molecule has 1 aliphatic rings. The SMILES string of the molecule is CCc1nc(CNC(CC)C2CC2)cs1. The van der Waals surface area contributed by atoms with Gasteiger partial charge < -0.3 is 5.32 Å². The lowest BCUT2D eigenvalue weighted by molar-refractivity contribution is 0.446. The van der Waals surface area contributed by atoms with Crippen molar-refractivity contribution in [2.45, 2.75) is 52.1 Å². The lowest BCUT2D eigenvalue weighted by atomic mass is 10.1. The van der Waals surface area contributed by atoms with E-state index in [1.54, 1.807) is 11.3 Å². The van der Waals surface area contributed by atoms with Gasteiger partial charge in [-0.25, -0.2) is 4.98 Å². The summed E-state index contributed by atoms with van der Waals surface area (Å²) >= 11 is 1.78. The molecule has 0 amide bonds. The average molecular weight is 224 g/mol. The van der Waals surface area contributed by atoms with Crippen molar-refractivity contribution >= 4 is 11.3 Å². The molecule has 2 rings (SSSR count). The van der Waals surface area contributed by atoms with Gasteiger partial charge in [0.25, 0.3) is 0 Å². The van der Waals surface area contributed by atoms with Crippen molar-refractivity contribution in [2.75, 3.05) is 0 Å². The molecule has 1 aromatic heterocycles. The van der Waals surface area contributed by atoms with E-state index in [1.807, 2.05) is 0 Å². The molecule has 15 heavy (non-hydrogen) atoms. The normalized spacial score (nSPS) is 18.0. The summed E-state index contributed by atoms with van der Waals surface area (Å²) < 4.78 is 0. The van der Waals surface area contributed by atoms with Crippen molar-refractivity contribution in [2.24, 2.45) is 5.92 Å². The first-order chi connectivity index (χ1) is 7.33. The van der Waals surface area contributed by atoms with Crippen LogP contribution in [0.5, 0.6) is 0 Å². The molecule has 1 aliphatic carbocycles. The van der Waals surface area contributed by atoms with E-state index in [0.717, 1.165) is 24.9 Å². The maximum Gasteiger partial charge on any atom is 0.0926 e. The Bertz CT molecular complexity index is 304. The number of aromatic nitrogens is 1. The van der Waals surface area contributed by atoms with Gasteiger partial charge in [-0.3, -0.25) is 0 Å². The second-order valence-electron chi connectivity index (χ2n) is 4.32. The van der Waals surface area contributed by atoms with Crippen molar-refractivity contribution in [3.63, 3.8) is 0 Å². The lowest BCUT2D eigenvalue weighted by Crippen LogP contribution is -2.29. The highest BCUT2D eigenvalue weighted by molar-refractivity contribution is 7.09. The van der Waals surface area contributed by atoms with Crippen LogP contribution in [-0.2, 0) is 13.0 Å². The maximum atomic E-state index is 4.57. The van der Waals surface area contributed by atoms with Gasteiger partial charge in [-0.15, -0.1) is 11.3 Å². The van der Waals surface area contributed by atoms with Crippen LogP contribution in [0.15, 0.2) is 5.38 Å². The number of aryl methyl sites for hydroxylation is 1. The fourth-order valence-electron chi connectivity index (χ4n) is 1.97. The highest BCUT2D eigenvalue weighted by Gasteiger charge is 2.29. The lowest BCUT2D eigenvalue weighted by Gasteiger charge is -2.14. The Labute approximate surface area is 96.1 Å². The van der Waals surface area contributed by atoms with Crippen molar-refractivity contribution in [3.8, 4) is 0 Å². The maximum absolute atomic E-state index is 4.57. The number of hydrogen-bond acceptors (Lipinski definition) is 3. The van der Waals surface area contributed by atoms with E-state index < -0.39 is 0 Å². The van der Waals surface area contributed by atoms with Gasteiger partial charge in [-0.1, -0.05) is 13.8 Å². The average Bonchev–Trinajstić information content (AvgIpc) is 2.98. The Balaban J connectivity index is 1.80. The van der Waals surface area contributed by atoms with Crippen molar-refractivity contribution in [1.29, 1.82) is 0 Å². The highest BCUT2D eigenvalue weighted by Crippen LogP contribution is 2.33. The molecule has 1 heterocycles. The molecule has 0 spiro atoms. The summed E-state index contributed by atoms with van der Waals surface area (Å²) in [5, 5.41) is 7.07. The Morgan fingerprint density at radius 1 is 1.53 bits per heavy atom. The Kier molecular flexibility index (Phi) is 3.76. The molecule has 1 atom stereocenters. The van der Waals surface area contributed by atoms with Crippen LogP contribution < -0.4 is 5.32 Å². The molecule has 2 nitrogen and oxygen atoms in total. The minimum Gasteiger partial charge on any atom is -0.308 e. The van der Waals surface area contributed by atoms with E-state index in [2.05, 4.69) is 29.5 Å². The summed E-state index contributed by atoms with van der Waals surface area (Å²) in [7, 11) is 0. The number of thiazole rings is 1. The first kappa shape index (κ1) is 11.1. The van der Waals surface area contributed by atoms with Crippen LogP contribution >= 0.6 is 11.3 Å². The van der Waals surface area contributed by atoms with Gasteiger partial charge in [0.1, 0.15) is 0 Å². The fraction of sp³-hybridized carbons (Fsp3) is 0.750. The van der Waals surface area contributed by atoms with E-state index in [-0.39, 0.29) is 0 Å². The molecule has 1 aromatic rings. The molecule has 1 N–H and O–H groups in total. The van der Waals surface area contributed by atoms with Gasteiger partial charge >= 0.3 is 0 Å². The van der Waals surface area contributed by atoms with E-state index in [9.17, 15) is 0 Å². The zero-order chi connectivity index (χ0) is 10.7. The minimum absolute atomic E-state index is 0.719. The van der Waals surface area contributed by atoms with E-state index in [1.165, 1.54) is 30.0 Å². The van der Waals surface area contributed by atoms with Crippen molar-refractivity contribution < 1.29 is 0 Å². The summed E-state index contributed by atoms with van der Waals surface area (Å²) in [6.07, 6.45) is 5.14. The molecule has 84 valence electrons. The third-order valence-corrected chi connectivity index (χ3v) is 4.12. The summed E-state index contributed by atoms with van der Waals surface area (Å²) in [5.41, 5.74) is 1.22. The third kappa shape index (κ3) is 3.02. The van der Waals surface area contributed by atoms with Crippen LogP contribution in [-0.4, -0.2) is 11.0 Å². The number of nitrogens with zero attached hydrogens (tertiary/aromatic N) is 1.